The summed E-state index contributed by atoms with van der Waals surface area (Å²) in [6, 6.07) is 2.16. The van der Waals surface area contributed by atoms with Crippen LogP contribution in [0.15, 0.2) is 52.2 Å². The average Bonchev–Trinajstić information content (AvgIpc) is 2.41. The Balaban J connectivity index is 2.42. The smallest absolute Gasteiger partial charge is 0.0950 e. The number of nitrogens with zero attached hydrogens (tertiary/aromatic N) is 2. The van der Waals surface area contributed by atoms with E-state index in [-0.39, 0.29) is 0 Å². The second-order valence-electron chi connectivity index (χ2n) is 2.91. The summed E-state index contributed by atoms with van der Waals surface area (Å²) in [5, 5.41) is 8.73. The van der Waals surface area contributed by atoms with Crippen molar-refractivity contribution in [1.29, 1.82) is 5.26 Å². The number of aliphatic imine (C=N–C) groups is 1. The first-order chi connectivity index (χ1) is 6.40. The first-order valence-corrected chi connectivity index (χ1v) is 4.10. The maximum atomic E-state index is 8.73. The highest BCUT2D eigenvalue weighted by Gasteiger charge is 2.10. The minimum absolute atomic E-state index is 0.721. The molecule has 0 saturated heterocycles. The zero-order valence-corrected chi connectivity index (χ0v) is 7.07. The first-order valence-electron chi connectivity index (χ1n) is 4.10. The fourth-order valence-corrected chi connectivity index (χ4v) is 1.35. The standard InChI is InChI=1S/C11H8N2/c12-7-9-3-4-11-8-13-5-1-2-10(11)6-9/h1-5,8H,6H2. The number of fused-ring (bicyclic) bond motifs is 1. The van der Waals surface area contributed by atoms with Crippen molar-refractivity contribution in [3.63, 3.8) is 0 Å². The quantitative estimate of drug-likeness (QED) is 0.546. The molecule has 0 aromatic heterocycles. The molecule has 0 aromatic rings. The Hall–Kier alpha value is -1.88. The molecule has 0 atom stereocenters. The lowest BCUT2D eigenvalue weighted by molar-refractivity contribution is 1.17. The van der Waals surface area contributed by atoms with Crippen molar-refractivity contribution in [2.75, 3.05) is 0 Å². The van der Waals surface area contributed by atoms with Crippen molar-refractivity contribution in [3.8, 4) is 6.07 Å². The predicted octanol–water partition coefficient (Wildman–Crippen LogP) is 2.29. The second kappa shape index (κ2) is 3.24. The SMILES string of the molecule is N#CC1=CC=C2C=NC=CC=C2C1. The van der Waals surface area contributed by atoms with Crippen molar-refractivity contribution in [2.24, 2.45) is 4.99 Å². The molecule has 2 heteroatoms. The Morgan fingerprint density at radius 1 is 1.31 bits per heavy atom. The van der Waals surface area contributed by atoms with Gasteiger partial charge in [0.2, 0.25) is 0 Å². The summed E-state index contributed by atoms with van der Waals surface area (Å²) in [4.78, 5) is 4.07. The van der Waals surface area contributed by atoms with Crippen LogP contribution in [0.5, 0.6) is 0 Å². The van der Waals surface area contributed by atoms with Crippen LogP contribution in [0, 0.1) is 11.3 Å². The molecule has 0 saturated carbocycles. The Labute approximate surface area is 76.9 Å². The Morgan fingerprint density at radius 3 is 3.08 bits per heavy atom. The summed E-state index contributed by atoms with van der Waals surface area (Å²) < 4.78 is 0. The Bertz CT molecular complexity index is 412. The first kappa shape index (κ1) is 7.75. The van der Waals surface area contributed by atoms with Gasteiger partial charge >= 0.3 is 0 Å². The van der Waals surface area contributed by atoms with Gasteiger partial charge in [-0.05, 0) is 23.3 Å². The van der Waals surface area contributed by atoms with Crippen LogP contribution in [0.1, 0.15) is 6.42 Å². The predicted molar refractivity (Wildman–Crippen MR) is 52.1 cm³/mol. The van der Waals surface area contributed by atoms with Crippen molar-refractivity contribution in [1.82, 2.24) is 0 Å². The third kappa shape index (κ3) is 1.50. The Morgan fingerprint density at radius 2 is 2.23 bits per heavy atom. The lowest BCUT2D eigenvalue weighted by Crippen LogP contribution is -1.97. The third-order valence-electron chi connectivity index (χ3n) is 2.04. The molecule has 0 bridgehead atoms. The minimum atomic E-state index is 0.721. The van der Waals surface area contributed by atoms with Crippen LogP contribution in [0.2, 0.25) is 0 Å². The Kier molecular flexibility index (Phi) is 1.93. The second-order valence-corrected chi connectivity index (χ2v) is 2.91. The molecule has 0 fully saturated rings. The molecular formula is C11H8N2. The molecule has 0 amide bonds. The maximum Gasteiger partial charge on any atom is 0.0950 e. The van der Waals surface area contributed by atoms with Crippen molar-refractivity contribution in [3.05, 3.63) is 47.2 Å². The van der Waals surface area contributed by atoms with Crippen LogP contribution in [0.25, 0.3) is 0 Å². The van der Waals surface area contributed by atoms with Crippen LogP contribution < -0.4 is 0 Å². The molecule has 62 valence electrons. The normalized spacial score (nSPS) is 19.2. The maximum absolute atomic E-state index is 8.73. The summed E-state index contributed by atoms with van der Waals surface area (Å²) >= 11 is 0. The van der Waals surface area contributed by atoms with Gasteiger partial charge in [0.05, 0.1) is 6.07 Å². The van der Waals surface area contributed by atoms with Gasteiger partial charge < -0.3 is 0 Å². The minimum Gasteiger partial charge on any atom is -0.264 e. The van der Waals surface area contributed by atoms with E-state index < -0.39 is 0 Å². The summed E-state index contributed by atoms with van der Waals surface area (Å²) in [6.07, 6.45) is 12.0. The molecule has 13 heavy (non-hydrogen) atoms. The van der Waals surface area contributed by atoms with E-state index in [9.17, 15) is 0 Å². The van der Waals surface area contributed by atoms with Gasteiger partial charge in [0.1, 0.15) is 0 Å². The van der Waals surface area contributed by atoms with Gasteiger partial charge in [-0.25, -0.2) is 0 Å². The lowest BCUT2D eigenvalue weighted by atomic mass is 9.94. The van der Waals surface area contributed by atoms with E-state index in [0.717, 1.165) is 23.1 Å². The van der Waals surface area contributed by atoms with E-state index in [4.69, 9.17) is 5.26 Å². The van der Waals surface area contributed by atoms with E-state index in [1.165, 1.54) is 0 Å². The number of nitriles is 1. The molecule has 0 N–H and O–H groups in total. The summed E-state index contributed by atoms with van der Waals surface area (Å²) in [6.45, 7) is 0. The lowest BCUT2D eigenvalue weighted by Gasteiger charge is -2.09. The van der Waals surface area contributed by atoms with Gasteiger partial charge in [0.15, 0.2) is 0 Å². The summed E-state index contributed by atoms with van der Waals surface area (Å²) in [5.74, 6) is 0. The average molecular weight is 168 g/mol. The van der Waals surface area contributed by atoms with Gasteiger partial charge in [0, 0.05) is 24.4 Å². The third-order valence-corrected chi connectivity index (χ3v) is 2.04. The highest BCUT2D eigenvalue weighted by atomic mass is 14.7. The van der Waals surface area contributed by atoms with E-state index >= 15 is 0 Å². The fraction of sp³-hybridized carbons (Fsp3) is 0.0909. The van der Waals surface area contributed by atoms with Crippen LogP contribution in [0.3, 0.4) is 0 Å². The highest BCUT2D eigenvalue weighted by Crippen LogP contribution is 2.24. The zero-order valence-electron chi connectivity index (χ0n) is 7.07. The van der Waals surface area contributed by atoms with Crippen molar-refractivity contribution in [2.45, 2.75) is 6.42 Å². The summed E-state index contributed by atoms with van der Waals surface area (Å²) in [5.41, 5.74) is 3.07. The summed E-state index contributed by atoms with van der Waals surface area (Å²) in [7, 11) is 0. The molecule has 2 rings (SSSR count). The zero-order chi connectivity index (χ0) is 9.10. The molecule has 1 heterocycles. The number of allylic oxidation sites excluding steroid dienone is 7. The number of hydrogen-bond acceptors (Lipinski definition) is 2. The van der Waals surface area contributed by atoms with Crippen molar-refractivity contribution >= 4 is 6.21 Å². The molecule has 0 spiro atoms. The molecule has 0 aromatic carbocycles. The molecule has 2 aliphatic rings. The van der Waals surface area contributed by atoms with E-state index in [0.29, 0.717) is 0 Å². The van der Waals surface area contributed by atoms with E-state index in [2.05, 4.69) is 11.1 Å². The molecule has 2 nitrogen and oxygen atoms in total. The van der Waals surface area contributed by atoms with E-state index in [1.54, 1.807) is 6.20 Å². The molecule has 1 aliphatic carbocycles. The van der Waals surface area contributed by atoms with Crippen LogP contribution >= 0.6 is 0 Å². The van der Waals surface area contributed by atoms with Gasteiger partial charge in [0.25, 0.3) is 0 Å². The topological polar surface area (TPSA) is 36.1 Å². The van der Waals surface area contributed by atoms with Gasteiger partial charge in [-0.15, -0.1) is 0 Å². The monoisotopic (exact) mass is 168 g/mol. The highest BCUT2D eigenvalue weighted by molar-refractivity contribution is 5.87. The molecule has 1 aliphatic heterocycles. The van der Waals surface area contributed by atoms with E-state index in [1.807, 2.05) is 30.5 Å². The largest absolute Gasteiger partial charge is 0.264 e. The van der Waals surface area contributed by atoms with Crippen LogP contribution in [-0.4, -0.2) is 6.21 Å². The number of hydrogen-bond donors (Lipinski definition) is 0. The van der Waals surface area contributed by atoms with Gasteiger partial charge in [-0.1, -0.05) is 12.2 Å². The fourth-order valence-electron chi connectivity index (χ4n) is 1.35. The van der Waals surface area contributed by atoms with Crippen molar-refractivity contribution < 1.29 is 0 Å². The van der Waals surface area contributed by atoms with Crippen LogP contribution in [0.4, 0.5) is 0 Å². The molecular weight excluding hydrogens is 160 g/mol. The number of rotatable bonds is 0. The van der Waals surface area contributed by atoms with Gasteiger partial charge in [-0.3, -0.25) is 4.99 Å². The molecule has 0 radical (unpaired) electrons. The molecule has 0 unspecified atom stereocenters. The van der Waals surface area contributed by atoms with Crippen LogP contribution in [-0.2, 0) is 0 Å². The van der Waals surface area contributed by atoms with Gasteiger partial charge in [-0.2, -0.15) is 5.26 Å².